The van der Waals surface area contributed by atoms with Crippen LogP contribution in [0.3, 0.4) is 0 Å². The fourth-order valence-corrected chi connectivity index (χ4v) is 1.61. The number of rotatable bonds is 1. The smallest absolute Gasteiger partial charge is 0.225 e. The Kier molecular flexibility index (Phi) is 1.83. The van der Waals surface area contributed by atoms with E-state index in [0.717, 1.165) is 0 Å². The van der Waals surface area contributed by atoms with Crippen molar-refractivity contribution >= 4 is 5.91 Å². The van der Waals surface area contributed by atoms with Crippen LogP contribution in [0.25, 0.3) is 0 Å². The molecule has 13 heavy (non-hydrogen) atoms. The maximum atomic E-state index is 11.0. The minimum absolute atomic E-state index is 0.128. The zero-order valence-electron chi connectivity index (χ0n) is 7.87. The Bertz CT molecular complexity index is 328. The van der Waals surface area contributed by atoms with Gasteiger partial charge in [-0.25, -0.2) is 0 Å². The molecule has 0 aromatic heterocycles. The predicted octanol–water partition coefficient (Wildman–Crippen LogP) is 1.80. The van der Waals surface area contributed by atoms with Crippen LogP contribution in [-0.2, 0) is 4.79 Å². The molecular formula is C11H13NO. The number of nitrogens with one attached hydrogen (secondary N) is 1. The summed E-state index contributed by atoms with van der Waals surface area (Å²) in [5.41, 5.74) is 2.46. The van der Waals surface area contributed by atoms with Gasteiger partial charge in [-0.3, -0.25) is 4.79 Å². The third-order valence-electron chi connectivity index (χ3n) is 2.65. The van der Waals surface area contributed by atoms with E-state index in [9.17, 15) is 4.79 Å². The van der Waals surface area contributed by atoms with Crippen LogP contribution >= 0.6 is 0 Å². The molecule has 2 atom stereocenters. The number of hydrogen-bond donors (Lipinski definition) is 1. The molecular weight excluding hydrogens is 162 g/mol. The van der Waals surface area contributed by atoms with Crippen LogP contribution in [0.1, 0.15) is 24.1 Å². The Hall–Kier alpha value is -1.31. The molecule has 1 aromatic carbocycles. The molecule has 0 unspecified atom stereocenters. The van der Waals surface area contributed by atoms with E-state index in [1.54, 1.807) is 0 Å². The van der Waals surface area contributed by atoms with Crippen molar-refractivity contribution in [1.29, 1.82) is 0 Å². The molecule has 2 heteroatoms. The van der Waals surface area contributed by atoms with Gasteiger partial charge < -0.3 is 5.32 Å². The first kappa shape index (κ1) is 8.30. The van der Waals surface area contributed by atoms with Crippen molar-refractivity contribution in [3.05, 3.63) is 35.4 Å². The normalized spacial score (nSPS) is 26.5. The van der Waals surface area contributed by atoms with Crippen LogP contribution in [0, 0.1) is 12.8 Å². The van der Waals surface area contributed by atoms with Crippen LogP contribution in [0.4, 0.5) is 0 Å². The Morgan fingerprint density at radius 2 is 1.85 bits per heavy atom. The van der Waals surface area contributed by atoms with Crippen LogP contribution in [-0.4, -0.2) is 5.91 Å². The van der Waals surface area contributed by atoms with Gasteiger partial charge in [-0.2, -0.15) is 0 Å². The minimum Gasteiger partial charge on any atom is -0.348 e. The zero-order valence-corrected chi connectivity index (χ0v) is 7.87. The molecule has 1 heterocycles. The molecule has 1 aliphatic heterocycles. The summed E-state index contributed by atoms with van der Waals surface area (Å²) in [6.07, 6.45) is 0. The van der Waals surface area contributed by atoms with Gasteiger partial charge in [-0.05, 0) is 12.5 Å². The average molecular weight is 175 g/mol. The highest BCUT2D eigenvalue weighted by molar-refractivity contribution is 5.85. The summed E-state index contributed by atoms with van der Waals surface area (Å²) in [6, 6.07) is 8.54. The monoisotopic (exact) mass is 175 g/mol. The summed E-state index contributed by atoms with van der Waals surface area (Å²) in [5, 5.41) is 2.89. The molecule has 68 valence electrons. The Morgan fingerprint density at radius 1 is 1.23 bits per heavy atom. The van der Waals surface area contributed by atoms with E-state index in [0.29, 0.717) is 0 Å². The van der Waals surface area contributed by atoms with Crippen LogP contribution < -0.4 is 5.32 Å². The number of amides is 1. The van der Waals surface area contributed by atoms with Crippen molar-refractivity contribution in [2.75, 3.05) is 0 Å². The van der Waals surface area contributed by atoms with E-state index in [2.05, 4.69) is 36.5 Å². The van der Waals surface area contributed by atoms with E-state index in [1.165, 1.54) is 11.1 Å². The highest BCUT2D eigenvalue weighted by atomic mass is 16.2. The maximum absolute atomic E-state index is 11.0. The highest BCUT2D eigenvalue weighted by Gasteiger charge is 2.35. The maximum Gasteiger partial charge on any atom is 0.225 e. The molecule has 2 rings (SSSR count). The molecule has 1 fully saturated rings. The largest absolute Gasteiger partial charge is 0.348 e. The van der Waals surface area contributed by atoms with Gasteiger partial charge in [0.25, 0.3) is 0 Å². The fourth-order valence-electron chi connectivity index (χ4n) is 1.61. The Labute approximate surface area is 78.0 Å². The summed E-state index contributed by atoms with van der Waals surface area (Å²) in [7, 11) is 0. The molecule has 0 spiro atoms. The third-order valence-corrected chi connectivity index (χ3v) is 2.65. The molecule has 1 saturated heterocycles. The molecule has 0 bridgehead atoms. The summed E-state index contributed by atoms with van der Waals surface area (Å²) in [4.78, 5) is 11.0. The lowest BCUT2D eigenvalue weighted by molar-refractivity contribution is -0.134. The molecule has 1 N–H and O–H groups in total. The van der Waals surface area contributed by atoms with Gasteiger partial charge in [-0.15, -0.1) is 0 Å². The Morgan fingerprint density at radius 3 is 2.31 bits per heavy atom. The lowest BCUT2D eigenvalue weighted by Crippen LogP contribution is -2.49. The standard InChI is InChI=1S/C11H13NO/c1-7-3-5-9(6-4-7)10-8(2)11(13)12-10/h3-6,8,10H,1-2H3,(H,12,13)/t8-,10+/m1/s1. The van der Waals surface area contributed by atoms with E-state index in [-0.39, 0.29) is 17.9 Å². The summed E-state index contributed by atoms with van der Waals surface area (Å²) >= 11 is 0. The van der Waals surface area contributed by atoms with Crippen molar-refractivity contribution in [2.45, 2.75) is 19.9 Å². The van der Waals surface area contributed by atoms with Gasteiger partial charge in [0, 0.05) is 0 Å². The van der Waals surface area contributed by atoms with Crippen molar-refractivity contribution in [3.63, 3.8) is 0 Å². The highest BCUT2D eigenvalue weighted by Crippen LogP contribution is 2.29. The SMILES string of the molecule is Cc1ccc([C@H]2NC(=O)[C@@H]2C)cc1. The number of β-lactam (4-membered cyclic amide) rings is 1. The van der Waals surface area contributed by atoms with Crippen LogP contribution in [0.5, 0.6) is 0 Å². The van der Waals surface area contributed by atoms with Crippen molar-refractivity contribution < 1.29 is 4.79 Å². The lowest BCUT2D eigenvalue weighted by Gasteiger charge is -2.34. The molecule has 1 aromatic rings. The number of hydrogen-bond acceptors (Lipinski definition) is 1. The lowest BCUT2D eigenvalue weighted by atomic mass is 9.86. The van der Waals surface area contributed by atoms with Gasteiger partial charge in [0.15, 0.2) is 0 Å². The van der Waals surface area contributed by atoms with E-state index < -0.39 is 0 Å². The molecule has 1 aliphatic rings. The molecule has 2 nitrogen and oxygen atoms in total. The van der Waals surface area contributed by atoms with Crippen molar-refractivity contribution in [3.8, 4) is 0 Å². The molecule has 1 amide bonds. The first-order chi connectivity index (χ1) is 6.18. The number of aryl methyl sites for hydroxylation is 1. The first-order valence-corrected chi connectivity index (χ1v) is 4.55. The van der Waals surface area contributed by atoms with Crippen LogP contribution in [0.2, 0.25) is 0 Å². The topological polar surface area (TPSA) is 29.1 Å². The van der Waals surface area contributed by atoms with Gasteiger partial charge in [0.2, 0.25) is 5.91 Å². The summed E-state index contributed by atoms with van der Waals surface area (Å²) in [5.74, 6) is 0.285. The van der Waals surface area contributed by atoms with E-state index in [4.69, 9.17) is 0 Å². The second-order valence-corrected chi connectivity index (χ2v) is 3.69. The van der Waals surface area contributed by atoms with Gasteiger partial charge in [0.05, 0.1) is 12.0 Å². The van der Waals surface area contributed by atoms with E-state index >= 15 is 0 Å². The van der Waals surface area contributed by atoms with Crippen LogP contribution in [0.15, 0.2) is 24.3 Å². The third kappa shape index (κ3) is 1.32. The number of carbonyl (C=O) groups is 1. The predicted molar refractivity (Wildman–Crippen MR) is 51.2 cm³/mol. The zero-order chi connectivity index (χ0) is 9.42. The van der Waals surface area contributed by atoms with E-state index in [1.807, 2.05) is 6.92 Å². The van der Waals surface area contributed by atoms with Crippen molar-refractivity contribution in [2.24, 2.45) is 5.92 Å². The van der Waals surface area contributed by atoms with Gasteiger partial charge in [0.1, 0.15) is 0 Å². The Balaban J connectivity index is 2.18. The second kappa shape index (κ2) is 2.87. The number of carbonyl (C=O) groups excluding carboxylic acids is 1. The van der Waals surface area contributed by atoms with Crippen molar-refractivity contribution in [1.82, 2.24) is 5.32 Å². The molecule has 0 aliphatic carbocycles. The fraction of sp³-hybridized carbons (Fsp3) is 0.364. The minimum atomic E-state index is 0.128. The first-order valence-electron chi connectivity index (χ1n) is 4.55. The van der Waals surface area contributed by atoms with Gasteiger partial charge in [-0.1, -0.05) is 36.8 Å². The summed E-state index contributed by atoms with van der Waals surface area (Å²) < 4.78 is 0. The second-order valence-electron chi connectivity index (χ2n) is 3.69. The van der Waals surface area contributed by atoms with Gasteiger partial charge >= 0.3 is 0 Å². The molecule has 0 radical (unpaired) electrons. The number of benzene rings is 1. The summed E-state index contributed by atoms with van der Waals surface area (Å²) in [6.45, 7) is 4.02. The average Bonchev–Trinajstić information content (AvgIpc) is 2.15. The quantitative estimate of drug-likeness (QED) is 0.648. The molecule has 0 saturated carbocycles.